The molecule has 1 amide bonds. The van der Waals surface area contributed by atoms with Crippen LogP contribution in [0.3, 0.4) is 0 Å². The highest BCUT2D eigenvalue weighted by molar-refractivity contribution is 8.26. The molecule has 2 aliphatic rings. The van der Waals surface area contributed by atoms with Crippen LogP contribution in [0.2, 0.25) is 0 Å². The highest BCUT2D eigenvalue weighted by Gasteiger charge is 2.35. The Morgan fingerprint density at radius 3 is 2.71 bits per heavy atom. The first-order valence-corrected chi connectivity index (χ1v) is 8.10. The summed E-state index contributed by atoms with van der Waals surface area (Å²) in [6, 6.07) is 5.27. The van der Waals surface area contributed by atoms with Crippen molar-refractivity contribution in [2.45, 2.75) is 13.3 Å². The second-order valence-corrected chi connectivity index (χ2v) is 6.02. The number of ether oxygens (including phenoxy) is 2. The number of hydrogen-bond donors (Lipinski definition) is 1. The molecule has 124 valence electrons. The number of fused-ring (bicyclic) bond motifs is 1. The minimum atomic E-state index is -0.443. The lowest BCUT2D eigenvalue weighted by molar-refractivity contribution is -0.114. The van der Waals surface area contributed by atoms with Crippen LogP contribution < -0.4 is 9.47 Å². The van der Waals surface area contributed by atoms with Gasteiger partial charge in [-0.15, -0.1) is 0 Å². The molecule has 0 atom stereocenters. The number of nitrogens with one attached hydrogen (secondary N) is 1. The van der Waals surface area contributed by atoms with Crippen LogP contribution in [0.5, 0.6) is 11.5 Å². The lowest BCUT2D eigenvalue weighted by Crippen LogP contribution is -2.35. The van der Waals surface area contributed by atoms with Gasteiger partial charge in [-0.1, -0.05) is 13.0 Å². The molecule has 0 radical (unpaired) electrons. The molecule has 1 aromatic rings. The number of nitrogens with zero attached hydrogens (tertiary/aromatic N) is 3. The first-order chi connectivity index (χ1) is 11.6. The monoisotopic (exact) mass is 344 g/mol. The Kier molecular flexibility index (Phi) is 4.39. The van der Waals surface area contributed by atoms with Crippen molar-refractivity contribution in [1.29, 1.82) is 5.41 Å². The van der Waals surface area contributed by atoms with Gasteiger partial charge in [-0.3, -0.25) is 10.2 Å². The van der Waals surface area contributed by atoms with E-state index in [1.165, 1.54) is 16.8 Å². The van der Waals surface area contributed by atoms with Crippen molar-refractivity contribution >= 4 is 39.8 Å². The highest BCUT2D eigenvalue weighted by atomic mass is 32.2. The number of amides is 1. The number of methoxy groups -OCH3 is 2. The molecule has 0 fully saturated rings. The Hall–Kier alpha value is -2.61. The van der Waals surface area contributed by atoms with E-state index in [0.717, 1.165) is 11.5 Å². The smallest absolute Gasteiger partial charge is 0.283 e. The molecule has 0 spiro atoms. The fourth-order valence-corrected chi connectivity index (χ4v) is 3.11. The van der Waals surface area contributed by atoms with Gasteiger partial charge in [-0.05, 0) is 42.0 Å². The Morgan fingerprint density at radius 1 is 1.29 bits per heavy atom. The van der Waals surface area contributed by atoms with Crippen molar-refractivity contribution in [3.63, 3.8) is 0 Å². The third-order valence-electron chi connectivity index (χ3n) is 3.52. The average Bonchev–Trinajstić information content (AvgIpc) is 3.01. The molecule has 24 heavy (non-hydrogen) atoms. The van der Waals surface area contributed by atoms with Crippen molar-refractivity contribution in [1.82, 2.24) is 5.01 Å². The molecule has 0 saturated carbocycles. The lowest BCUT2D eigenvalue weighted by atomic mass is 10.1. The number of rotatable bonds is 4. The van der Waals surface area contributed by atoms with Gasteiger partial charge in [-0.2, -0.15) is 15.1 Å². The standard InChI is InChI=1S/C16H16N4O3S/c1-4-13-19-20-14(17)10(15(21)18-16(20)24-13)7-9-5-6-11(22-2)12(8-9)23-3/h5-8,17H,4H2,1-3H3/b10-7-,17-14?. The van der Waals surface area contributed by atoms with Gasteiger partial charge in [-0.25, -0.2) is 0 Å². The number of aliphatic imine (C=N–C) groups is 1. The number of carbonyl (C=O) groups is 1. The van der Waals surface area contributed by atoms with Gasteiger partial charge < -0.3 is 9.47 Å². The van der Waals surface area contributed by atoms with E-state index in [1.54, 1.807) is 38.5 Å². The number of benzene rings is 1. The van der Waals surface area contributed by atoms with Crippen molar-refractivity contribution in [2.24, 2.45) is 10.1 Å². The van der Waals surface area contributed by atoms with Crippen LogP contribution in [-0.4, -0.2) is 41.2 Å². The Morgan fingerprint density at radius 2 is 2.04 bits per heavy atom. The molecule has 7 nitrogen and oxygen atoms in total. The third-order valence-corrected chi connectivity index (χ3v) is 4.57. The summed E-state index contributed by atoms with van der Waals surface area (Å²) < 4.78 is 10.5. The van der Waals surface area contributed by atoms with Crippen LogP contribution in [0.25, 0.3) is 6.08 Å². The zero-order valence-electron chi connectivity index (χ0n) is 13.5. The molecule has 2 aliphatic heterocycles. The number of hydrazone groups is 1. The van der Waals surface area contributed by atoms with E-state index in [-0.39, 0.29) is 11.4 Å². The van der Waals surface area contributed by atoms with E-state index in [0.29, 0.717) is 22.2 Å². The summed E-state index contributed by atoms with van der Waals surface area (Å²) in [4.78, 5) is 16.3. The Bertz CT molecular complexity index is 814. The van der Waals surface area contributed by atoms with Gasteiger partial charge >= 0.3 is 0 Å². The van der Waals surface area contributed by atoms with Gasteiger partial charge in [0.15, 0.2) is 17.3 Å². The molecule has 0 unspecified atom stereocenters. The maximum Gasteiger partial charge on any atom is 0.283 e. The van der Waals surface area contributed by atoms with Crippen molar-refractivity contribution in [3.05, 3.63) is 29.3 Å². The van der Waals surface area contributed by atoms with E-state index in [4.69, 9.17) is 14.9 Å². The second-order valence-electron chi connectivity index (χ2n) is 4.98. The molecule has 8 heteroatoms. The molecule has 0 bridgehead atoms. The average molecular weight is 344 g/mol. The molecule has 0 aromatic heterocycles. The van der Waals surface area contributed by atoms with E-state index >= 15 is 0 Å². The summed E-state index contributed by atoms with van der Waals surface area (Å²) in [6.07, 6.45) is 2.34. The molecule has 1 aromatic carbocycles. The molecular weight excluding hydrogens is 328 g/mol. The van der Waals surface area contributed by atoms with E-state index in [2.05, 4.69) is 10.1 Å². The number of hydrogen-bond acceptors (Lipinski definition) is 6. The van der Waals surface area contributed by atoms with Gasteiger partial charge in [0, 0.05) is 0 Å². The fourth-order valence-electron chi connectivity index (χ4n) is 2.28. The Labute approximate surface area is 143 Å². The molecule has 0 saturated heterocycles. The van der Waals surface area contributed by atoms with Crippen LogP contribution in [0.1, 0.15) is 18.9 Å². The van der Waals surface area contributed by atoms with Gasteiger partial charge in [0.25, 0.3) is 5.91 Å². The third kappa shape index (κ3) is 2.80. The minimum Gasteiger partial charge on any atom is -0.493 e. The topological polar surface area (TPSA) is 87.3 Å². The molecule has 3 rings (SSSR count). The number of carbonyl (C=O) groups excluding carboxylic acids is 1. The summed E-state index contributed by atoms with van der Waals surface area (Å²) in [5, 5.41) is 15.3. The molecule has 1 N–H and O–H groups in total. The first-order valence-electron chi connectivity index (χ1n) is 7.28. The van der Waals surface area contributed by atoms with Crippen LogP contribution in [0, 0.1) is 5.41 Å². The summed E-state index contributed by atoms with van der Waals surface area (Å²) in [6.45, 7) is 1.97. The van der Waals surface area contributed by atoms with Gasteiger partial charge in [0.1, 0.15) is 5.04 Å². The zero-order valence-corrected chi connectivity index (χ0v) is 14.3. The SMILES string of the molecule is CCC1=NN2C(=N)/C(=C/c3ccc(OC)c(OC)c3)C(=O)N=C2S1. The maximum absolute atomic E-state index is 12.3. The normalized spacial score (nSPS) is 18.5. The van der Waals surface area contributed by atoms with Crippen LogP contribution in [0.4, 0.5) is 0 Å². The molecule has 0 aliphatic carbocycles. The summed E-state index contributed by atoms with van der Waals surface area (Å²) in [5.74, 6) is 0.726. The quantitative estimate of drug-likeness (QED) is 0.849. The first kappa shape index (κ1) is 16.3. The Balaban J connectivity index is 1.98. The van der Waals surface area contributed by atoms with Crippen molar-refractivity contribution < 1.29 is 14.3 Å². The summed E-state index contributed by atoms with van der Waals surface area (Å²) in [5.41, 5.74) is 0.901. The zero-order chi connectivity index (χ0) is 17.3. The maximum atomic E-state index is 12.3. The van der Waals surface area contributed by atoms with Crippen molar-refractivity contribution in [3.8, 4) is 11.5 Å². The largest absolute Gasteiger partial charge is 0.493 e. The van der Waals surface area contributed by atoms with Gasteiger partial charge in [0.2, 0.25) is 5.17 Å². The van der Waals surface area contributed by atoms with E-state index < -0.39 is 5.91 Å². The number of thioether (sulfide) groups is 1. The van der Waals surface area contributed by atoms with E-state index in [1.807, 2.05) is 6.92 Å². The molecule has 2 heterocycles. The minimum absolute atomic E-state index is 0.0238. The predicted octanol–water partition coefficient (Wildman–Crippen LogP) is 2.73. The summed E-state index contributed by atoms with van der Waals surface area (Å²) >= 11 is 1.32. The number of amidine groups is 2. The summed E-state index contributed by atoms with van der Waals surface area (Å²) in [7, 11) is 3.10. The van der Waals surface area contributed by atoms with Gasteiger partial charge in [0.05, 0.1) is 19.8 Å². The highest BCUT2D eigenvalue weighted by Crippen LogP contribution is 2.31. The van der Waals surface area contributed by atoms with Crippen LogP contribution >= 0.6 is 11.8 Å². The fraction of sp³-hybridized carbons (Fsp3) is 0.250. The lowest BCUT2D eigenvalue weighted by Gasteiger charge is -2.20. The second kappa shape index (κ2) is 6.48. The predicted molar refractivity (Wildman–Crippen MR) is 94.8 cm³/mol. The van der Waals surface area contributed by atoms with E-state index in [9.17, 15) is 4.79 Å². The van der Waals surface area contributed by atoms with Crippen LogP contribution in [-0.2, 0) is 4.79 Å². The van der Waals surface area contributed by atoms with Crippen LogP contribution in [0.15, 0.2) is 33.9 Å². The van der Waals surface area contributed by atoms with Crippen molar-refractivity contribution in [2.75, 3.05) is 14.2 Å². The molecular formula is C16H16N4O3S.